The Hall–Kier alpha value is -3.37. The highest BCUT2D eigenvalue weighted by Crippen LogP contribution is 2.43. The first-order valence-electron chi connectivity index (χ1n) is 14.4. The van der Waals surface area contributed by atoms with Crippen molar-refractivity contribution in [1.29, 1.82) is 0 Å². The average Bonchev–Trinajstić information content (AvgIpc) is 3.00. The van der Waals surface area contributed by atoms with Gasteiger partial charge in [-0.2, -0.15) is 8.42 Å². The van der Waals surface area contributed by atoms with E-state index in [2.05, 4.69) is 42.0 Å². The van der Waals surface area contributed by atoms with Crippen LogP contribution in [0.25, 0.3) is 33.4 Å². The molecule has 238 valence electrons. The van der Waals surface area contributed by atoms with Gasteiger partial charge in [0.25, 0.3) is 20.1 Å². The summed E-state index contributed by atoms with van der Waals surface area (Å²) < 4.78 is 70.4. The zero-order valence-electron chi connectivity index (χ0n) is 25.2. The molecule has 4 N–H and O–H groups in total. The lowest BCUT2D eigenvalue weighted by Crippen LogP contribution is -2.29. The molecule has 2 aliphatic rings. The molecule has 0 bridgehead atoms. The monoisotopic (exact) mass is 647 g/mol. The maximum atomic E-state index is 12.9. The molecule has 4 rings (SSSR count). The molecule has 0 aromatic heterocycles. The minimum atomic E-state index is -4.90. The van der Waals surface area contributed by atoms with Crippen LogP contribution in [-0.4, -0.2) is 60.8 Å². The van der Waals surface area contributed by atoms with Gasteiger partial charge in [-0.1, -0.05) is 11.0 Å². The van der Waals surface area contributed by atoms with Crippen molar-refractivity contribution in [3.8, 4) is 22.5 Å². The van der Waals surface area contributed by atoms with E-state index in [1.165, 1.54) is 12.1 Å². The summed E-state index contributed by atoms with van der Waals surface area (Å²) in [5.41, 5.74) is 2.61. The number of anilines is 1. The standard InChI is InChI=1S/C30H38N4O8S2/c1-5-33(6-2)21-10-13-24-27(18-21)42-28-19-22(34(7-3)8-4)11-14-25(28)30(24)26-15-12-23(20-29(26)44(37,38)39)43(35,36)32-41-17-9-16-40-31/h10-15,18-20,32H,5-9,16-17,31H2,1-4H3/p+1. The molecular weight excluding hydrogens is 608 g/mol. The second-order valence-corrected chi connectivity index (χ2v) is 13.0. The zero-order chi connectivity index (χ0) is 32.1. The molecule has 44 heavy (non-hydrogen) atoms. The molecule has 0 radical (unpaired) electrons. The van der Waals surface area contributed by atoms with Crippen LogP contribution in [0.1, 0.15) is 34.1 Å². The Balaban J connectivity index is 2.00. The van der Waals surface area contributed by atoms with Crippen molar-refractivity contribution in [2.75, 3.05) is 44.3 Å². The topological polar surface area (TPSA) is 164 Å². The average molecular weight is 648 g/mol. The fraction of sp³-hybridized carbons (Fsp3) is 0.367. The Morgan fingerprint density at radius 2 is 1.61 bits per heavy atom. The highest BCUT2D eigenvalue weighted by molar-refractivity contribution is 7.89. The minimum Gasteiger partial charge on any atom is -0.456 e. The first-order chi connectivity index (χ1) is 21.0. The van der Waals surface area contributed by atoms with Gasteiger partial charge in [-0.15, -0.1) is 0 Å². The van der Waals surface area contributed by atoms with Crippen LogP contribution in [0.3, 0.4) is 0 Å². The van der Waals surface area contributed by atoms with Crippen molar-refractivity contribution < 1.29 is 35.5 Å². The molecule has 0 amide bonds. The van der Waals surface area contributed by atoms with E-state index in [1.54, 1.807) is 0 Å². The number of rotatable bonds is 14. The Morgan fingerprint density at radius 3 is 2.25 bits per heavy atom. The van der Waals surface area contributed by atoms with Crippen molar-refractivity contribution in [3.05, 3.63) is 60.0 Å². The van der Waals surface area contributed by atoms with E-state index in [-0.39, 0.29) is 18.8 Å². The SMILES string of the molecule is CCN(CC)c1ccc2c(-c3ccc(S(=O)(=O)NOCCCON)cc3S(=O)(=O)O)c3ccc(=[N+](CC)CC)cc-3oc2c1. The summed E-state index contributed by atoms with van der Waals surface area (Å²) in [6.45, 7) is 11.4. The number of sulfonamides is 1. The highest BCUT2D eigenvalue weighted by atomic mass is 32.2. The van der Waals surface area contributed by atoms with E-state index in [4.69, 9.17) is 15.2 Å². The third-order valence-corrected chi connectivity index (χ3v) is 9.54. The summed E-state index contributed by atoms with van der Waals surface area (Å²) in [6.07, 6.45) is 0.319. The molecule has 2 aromatic carbocycles. The lowest BCUT2D eigenvalue weighted by atomic mass is 9.93. The van der Waals surface area contributed by atoms with Crippen molar-refractivity contribution in [2.45, 2.75) is 43.9 Å². The Morgan fingerprint density at radius 1 is 0.909 bits per heavy atom. The normalized spacial score (nSPS) is 12.2. The van der Waals surface area contributed by atoms with Gasteiger partial charge in [-0.05, 0) is 64.4 Å². The molecule has 2 aromatic rings. The van der Waals surface area contributed by atoms with E-state index in [0.29, 0.717) is 34.3 Å². The third-order valence-electron chi connectivity index (χ3n) is 7.43. The molecule has 0 spiro atoms. The number of hydrogen-bond acceptors (Lipinski definition) is 9. The first-order valence-corrected chi connectivity index (χ1v) is 17.3. The van der Waals surface area contributed by atoms with E-state index in [1.807, 2.05) is 41.3 Å². The van der Waals surface area contributed by atoms with Crippen LogP contribution in [0, 0.1) is 0 Å². The van der Waals surface area contributed by atoms with Gasteiger partial charge in [-0.25, -0.2) is 18.9 Å². The maximum Gasteiger partial charge on any atom is 0.295 e. The van der Waals surface area contributed by atoms with Gasteiger partial charge in [0.2, 0.25) is 5.36 Å². The van der Waals surface area contributed by atoms with Crippen LogP contribution in [0.5, 0.6) is 0 Å². The van der Waals surface area contributed by atoms with Crippen LogP contribution in [-0.2, 0) is 29.8 Å². The number of nitrogens with zero attached hydrogens (tertiary/aromatic N) is 2. The second kappa shape index (κ2) is 14.2. The van der Waals surface area contributed by atoms with E-state index < -0.39 is 29.9 Å². The largest absolute Gasteiger partial charge is 0.456 e. The number of hydrogen-bond donors (Lipinski definition) is 3. The van der Waals surface area contributed by atoms with E-state index in [0.717, 1.165) is 43.3 Å². The number of nitrogens with two attached hydrogens (primary N) is 1. The second-order valence-electron chi connectivity index (χ2n) is 9.98. The quantitative estimate of drug-likeness (QED) is 0.0606. The summed E-state index contributed by atoms with van der Waals surface area (Å²) in [4.78, 5) is 12.6. The van der Waals surface area contributed by atoms with Crippen molar-refractivity contribution in [3.63, 3.8) is 0 Å². The van der Waals surface area contributed by atoms with Crippen molar-refractivity contribution >= 4 is 36.8 Å². The summed E-state index contributed by atoms with van der Waals surface area (Å²) in [7, 11) is -9.21. The minimum absolute atomic E-state index is 0.0316. The van der Waals surface area contributed by atoms with Crippen LogP contribution in [0.4, 0.5) is 5.69 Å². The van der Waals surface area contributed by atoms with Gasteiger partial charge < -0.3 is 14.2 Å². The van der Waals surface area contributed by atoms with Crippen LogP contribution >= 0.6 is 0 Å². The van der Waals surface area contributed by atoms with E-state index in [9.17, 15) is 21.4 Å². The Bertz CT molecular complexity index is 1880. The number of nitrogens with one attached hydrogen (secondary N) is 1. The van der Waals surface area contributed by atoms with Gasteiger partial charge in [0.05, 0.1) is 24.2 Å². The van der Waals surface area contributed by atoms with Gasteiger partial charge >= 0.3 is 0 Å². The lowest BCUT2D eigenvalue weighted by Gasteiger charge is -2.22. The molecule has 14 heteroatoms. The molecule has 1 heterocycles. The van der Waals surface area contributed by atoms with Crippen LogP contribution in [0.15, 0.2) is 68.8 Å². The predicted molar refractivity (Wildman–Crippen MR) is 169 cm³/mol. The molecule has 1 aliphatic heterocycles. The van der Waals surface area contributed by atoms with E-state index >= 15 is 0 Å². The van der Waals surface area contributed by atoms with Crippen molar-refractivity contribution in [2.24, 2.45) is 5.90 Å². The molecule has 0 saturated heterocycles. The summed E-state index contributed by atoms with van der Waals surface area (Å²) in [6, 6.07) is 14.9. The molecule has 0 saturated carbocycles. The molecule has 0 atom stereocenters. The molecule has 1 aliphatic carbocycles. The molecule has 0 fully saturated rings. The van der Waals surface area contributed by atoms with Crippen LogP contribution in [0.2, 0.25) is 0 Å². The number of benzene rings is 3. The maximum absolute atomic E-state index is 12.9. The van der Waals surface area contributed by atoms with Crippen molar-refractivity contribution in [1.82, 2.24) is 9.46 Å². The van der Waals surface area contributed by atoms with Gasteiger partial charge in [0, 0.05) is 53.0 Å². The number of fused-ring (bicyclic) bond motifs is 2. The fourth-order valence-electron chi connectivity index (χ4n) is 5.20. The molecule has 0 unspecified atom stereocenters. The van der Waals surface area contributed by atoms with Crippen LogP contribution < -0.4 is 25.6 Å². The smallest absolute Gasteiger partial charge is 0.295 e. The van der Waals surface area contributed by atoms with Gasteiger partial charge in [-0.3, -0.25) is 9.39 Å². The first kappa shape index (κ1) is 33.5. The summed E-state index contributed by atoms with van der Waals surface area (Å²) in [5.74, 6) is 5.46. The zero-order valence-corrected chi connectivity index (χ0v) is 26.9. The third kappa shape index (κ3) is 7.12. The Labute approximate surface area is 257 Å². The Kier molecular flexibility index (Phi) is 10.8. The van der Waals surface area contributed by atoms with Gasteiger partial charge in [0.15, 0.2) is 0 Å². The molecular formula is C30H39N4O8S2+. The van der Waals surface area contributed by atoms with Gasteiger partial charge in [0.1, 0.15) is 29.3 Å². The predicted octanol–water partition coefficient (Wildman–Crippen LogP) is 3.60. The lowest BCUT2D eigenvalue weighted by molar-refractivity contribution is 0.0601. The summed E-state index contributed by atoms with van der Waals surface area (Å²) in [5, 5.41) is 1.52. The summed E-state index contributed by atoms with van der Waals surface area (Å²) >= 11 is 0. The highest BCUT2D eigenvalue weighted by Gasteiger charge is 2.27. The fourth-order valence-corrected chi connectivity index (χ4v) is 6.85. The molecule has 12 nitrogen and oxygen atoms in total.